The van der Waals surface area contributed by atoms with Crippen molar-refractivity contribution in [1.82, 2.24) is 4.98 Å². The largest absolute Gasteiger partial charge is 0.436 e. The smallest absolute Gasteiger partial charge is 0.227 e. The van der Waals surface area contributed by atoms with Crippen LogP contribution in [0, 0.1) is 0 Å². The van der Waals surface area contributed by atoms with E-state index < -0.39 is 0 Å². The minimum Gasteiger partial charge on any atom is -0.436 e. The molecular formula is C58H43N7O. The van der Waals surface area contributed by atoms with Gasteiger partial charge >= 0.3 is 0 Å². The van der Waals surface area contributed by atoms with Crippen LogP contribution in [0.4, 0.5) is 85.3 Å². The molecule has 0 saturated heterocycles. The summed E-state index contributed by atoms with van der Waals surface area (Å²) in [5.74, 6) is 0.574. The van der Waals surface area contributed by atoms with Crippen LogP contribution in [0.5, 0.6) is 0 Å². The predicted molar refractivity (Wildman–Crippen MR) is 273 cm³/mol. The molecule has 3 aliphatic rings. The molecule has 4 heterocycles. The van der Waals surface area contributed by atoms with E-state index in [1.807, 2.05) is 24.3 Å². The monoisotopic (exact) mass is 853 g/mol. The Kier molecular flexibility index (Phi) is 8.39. The van der Waals surface area contributed by atoms with E-state index in [1.165, 1.54) is 0 Å². The maximum atomic E-state index is 6.50. The van der Waals surface area contributed by atoms with Crippen LogP contribution >= 0.6 is 0 Å². The summed E-state index contributed by atoms with van der Waals surface area (Å²) in [4.78, 5) is 19.4. The van der Waals surface area contributed by atoms with Crippen molar-refractivity contribution in [3.63, 3.8) is 0 Å². The van der Waals surface area contributed by atoms with Gasteiger partial charge in [0.15, 0.2) is 5.58 Å². The molecule has 8 heteroatoms. The van der Waals surface area contributed by atoms with Gasteiger partial charge in [-0.2, -0.15) is 0 Å². The van der Waals surface area contributed by atoms with Gasteiger partial charge in [0.25, 0.3) is 0 Å². The normalized spacial score (nSPS) is 13.5. The summed E-state index contributed by atoms with van der Waals surface area (Å²) in [6.45, 7) is 0. The number of hydrogen-bond donors (Lipinski definition) is 0. The molecular weight excluding hydrogens is 811 g/mol. The Morgan fingerprint density at radius 3 is 1.14 bits per heavy atom. The zero-order valence-corrected chi connectivity index (χ0v) is 36.7. The van der Waals surface area contributed by atoms with Crippen LogP contribution in [0.25, 0.3) is 33.7 Å². The Hall–Kier alpha value is -8.75. The first-order chi connectivity index (χ1) is 32.5. The number of anilines is 15. The van der Waals surface area contributed by atoms with Crippen LogP contribution in [-0.2, 0) is 0 Å². The average molecular weight is 854 g/mol. The molecule has 1 aromatic heterocycles. The van der Waals surface area contributed by atoms with E-state index in [1.54, 1.807) is 0 Å². The van der Waals surface area contributed by atoms with Crippen LogP contribution < -0.4 is 29.4 Å². The molecule has 0 unspecified atom stereocenters. The van der Waals surface area contributed by atoms with E-state index in [9.17, 15) is 0 Å². The zero-order chi connectivity index (χ0) is 44.0. The molecule has 8 nitrogen and oxygen atoms in total. The molecule has 0 atom stereocenters. The second-order valence-electron chi connectivity index (χ2n) is 17.0. The van der Waals surface area contributed by atoms with E-state index in [0.717, 1.165) is 113 Å². The number of fused-ring (bicyclic) bond motifs is 7. The highest BCUT2D eigenvalue weighted by Crippen LogP contribution is 2.62. The van der Waals surface area contributed by atoms with E-state index in [0.29, 0.717) is 5.89 Å². The quantitative estimate of drug-likeness (QED) is 0.170. The molecule has 316 valence electrons. The third-order valence-electron chi connectivity index (χ3n) is 13.4. The molecule has 9 aromatic carbocycles. The summed E-state index contributed by atoms with van der Waals surface area (Å²) in [5, 5.41) is 0. The molecule has 0 N–H and O–H groups in total. The van der Waals surface area contributed by atoms with Crippen molar-refractivity contribution < 1.29 is 4.42 Å². The third-order valence-corrected chi connectivity index (χ3v) is 13.4. The second kappa shape index (κ2) is 14.7. The van der Waals surface area contributed by atoms with E-state index in [2.05, 4.69) is 233 Å². The standard InChI is InChI=1S/C58H43N7O/c1-60-41-22-5-11-28-47(41)63(48-29-12-6-23-42(48)60)53-35-36-54(64-49-30-13-7-24-43(49)61(2)44-25-8-14-31-50(44)64)57(65-51-32-15-9-26-45(51)62(3)46-27-10-16-33-52(46)65)56(53)38-19-18-20-39(37-38)58-59-40-21-4-17-34-55(40)66-58/h4-37H,1-3H3. The third kappa shape index (κ3) is 5.54. The van der Waals surface area contributed by atoms with Gasteiger partial charge in [-0.25, -0.2) is 4.98 Å². The number of hydrogen-bond acceptors (Lipinski definition) is 8. The fourth-order valence-corrected chi connectivity index (χ4v) is 10.4. The Balaban J connectivity index is 1.20. The topological polar surface area (TPSA) is 45.5 Å². The molecule has 13 rings (SSSR count). The minimum atomic E-state index is 0.574. The lowest BCUT2D eigenvalue weighted by Gasteiger charge is -2.45. The number of benzene rings is 9. The van der Waals surface area contributed by atoms with Crippen molar-refractivity contribution in [2.45, 2.75) is 0 Å². The summed E-state index contributed by atoms with van der Waals surface area (Å²) < 4.78 is 6.50. The minimum absolute atomic E-state index is 0.574. The molecule has 0 aliphatic carbocycles. The maximum absolute atomic E-state index is 6.50. The van der Waals surface area contributed by atoms with E-state index >= 15 is 0 Å². The van der Waals surface area contributed by atoms with Crippen LogP contribution in [0.3, 0.4) is 0 Å². The van der Waals surface area contributed by atoms with Crippen LogP contribution in [0.15, 0.2) is 211 Å². The highest BCUT2D eigenvalue weighted by Gasteiger charge is 2.38. The molecule has 0 bridgehead atoms. The SMILES string of the molecule is CN1c2ccccc2N(c2ccc(N3c4ccccc4N(C)c4ccccc43)c(N3c4ccccc4N(C)c4ccccc43)c2-c2cccc(-c3nc4ccccc4o3)c2)c2ccccc21. The average Bonchev–Trinajstić information content (AvgIpc) is 3.82. The highest BCUT2D eigenvalue weighted by molar-refractivity contribution is 6.13. The lowest BCUT2D eigenvalue weighted by Crippen LogP contribution is -2.29. The molecule has 66 heavy (non-hydrogen) atoms. The Labute approximate surface area is 383 Å². The van der Waals surface area contributed by atoms with Crippen LogP contribution in [-0.4, -0.2) is 26.1 Å². The Morgan fingerprint density at radius 2 is 0.682 bits per heavy atom. The number of para-hydroxylation sites is 14. The van der Waals surface area contributed by atoms with Gasteiger partial charge in [-0.1, -0.05) is 97.1 Å². The molecule has 0 radical (unpaired) electrons. The first-order valence-electron chi connectivity index (χ1n) is 22.3. The number of aromatic nitrogens is 1. The van der Waals surface area contributed by atoms with E-state index in [-0.39, 0.29) is 0 Å². The predicted octanol–water partition coefficient (Wildman–Crippen LogP) is 15.8. The molecule has 0 amide bonds. The summed E-state index contributed by atoms with van der Waals surface area (Å²) >= 11 is 0. The van der Waals surface area contributed by atoms with Gasteiger partial charge < -0.3 is 33.8 Å². The summed E-state index contributed by atoms with van der Waals surface area (Å²) in [6.07, 6.45) is 0. The maximum Gasteiger partial charge on any atom is 0.227 e. The first kappa shape index (κ1) is 37.8. The Morgan fingerprint density at radius 1 is 0.318 bits per heavy atom. The summed E-state index contributed by atoms with van der Waals surface area (Å²) in [7, 11) is 6.49. The lowest BCUT2D eigenvalue weighted by molar-refractivity contribution is 0.620. The lowest BCUT2D eigenvalue weighted by atomic mass is 9.93. The molecule has 0 spiro atoms. The number of rotatable bonds is 5. The fraction of sp³-hybridized carbons (Fsp3) is 0.0517. The summed E-state index contributed by atoms with van der Waals surface area (Å²) in [5.41, 5.74) is 20.8. The van der Waals surface area contributed by atoms with Crippen molar-refractivity contribution >= 4 is 96.4 Å². The number of nitrogens with zero attached hydrogens (tertiary/aromatic N) is 7. The Bertz CT molecular complexity index is 3380. The zero-order valence-electron chi connectivity index (χ0n) is 36.7. The van der Waals surface area contributed by atoms with Crippen LogP contribution in [0.1, 0.15) is 0 Å². The van der Waals surface area contributed by atoms with Crippen LogP contribution in [0.2, 0.25) is 0 Å². The van der Waals surface area contributed by atoms with Crippen molar-refractivity contribution in [2.24, 2.45) is 0 Å². The fourth-order valence-electron chi connectivity index (χ4n) is 10.4. The van der Waals surface area contributed by atoms with Crippen molar-refractivity contribution in [3.8, 4) is 22.6 Å². The van der Waals surface area contributed by atoms with Crippen molar-refractivity contribution in [3.05, 3.63) is 206 Å². The summed E-state index contributed by atoms with van der Waals surface area (Å²) in [6, 6.07) is 73.8. The second-order valence-corrected chi connectivity index (χ2v) is 17.0. The van der Waals surface area contributed by atoms with Gasteiger partial charge in [0.2, 0.25) is 5.89 Å². The first-order valence-corrected chi connectivity index (χ1v) is 22.3. The molecule has 0 saturated carbocycles. The van der Waals surface area contributed by atoms with Gasteiger partial charge in [-0.15, -0.1) is 0 Å². The van der Waals surface area contributed by atoms with Gasteiger partial charge in [0.1, 0.15) is 5.52 Å². The van der Waals surface area contributed by atoms with Gasteiger partial charge in [0.05, 0.1) is 85.3 Å². The molecule has 3 aliphatic heterocycles. The highest BCUT2D eigenvalue weighted by atomic mass is 16.3. The van der Waals surface area contributed by atoms with E-state index in [4.69, 9.17) is 9.40 Å². The molecule has 0 fully saturated rings. The number of oxazole rings is 1. The molecule has 10 aromatic rings. The van der Waals surface area contributed by atoms with Gasteiger partial charge in [-0.3, -0.25) is 0 Å². The van der Waals surface area contributed by atoms with Crippen molar-refractivity contribution in [1.29, 1.82) is 0 Å². The van der Waals surface area contributed by atoms with Crippen molar-refractivity contribution in [2.75, 3.05) is 50.5 Å². The van der Waals surface area contributed by atoms with Gasteiger partial charge in [0, 0.05) is 32.3 Å². The van der Waals surface area contributed by atoms with Gasteiger partial charge in [-0.05, 0) is 115 Å².